The summed E-state index contributed by atoms with van der Waals surface area (Å²) in [6.45, 7) is 0.250. The molecule has 0 radical (unpaired) electrons. The zero-order chi connectivity index (χ0) is 13.2. The van der Waals surface area contributed by atoms with Crippen molar-refractivity contribution < 1.29 is 10.2 Å². The molecule has 0 bridgehead atoms. The summed E-state index contributed by atoms with van der Waals surface area (Å²) in [7, 11) is 0. The van der Waals surface area contributed by atoms with Crippen LogP contribution in [0.4, 0.5) is 0 Å². The molecule has 2 nitrogen and oxygen atoms in total. The van der Waals surface area contributed by atoms with Crippen molar-refractivity contribution in [1.29, 1.82) is 0 Å². The summed E-state index contributed by atoms with van der Waals surface area (Å²) in [5, 5.41) is 16.5. The molecule has 0 saturated heterocycles. The first-order chi connectivity index (χ1) is 8.33. The molecular formula is C13H20Cl2O2. The number of halogens is 2. The second kappa shape index (κ2) is 20.9. The minimum Gasteiger partial charge on any atom is -0.396 e. The average Bonchev–Trinajstić information content (AvgIpc) is 2.36. The Morgan fingerprint density at radius 1 is 0.765 bits per heavy atom. The van der Waals surface area contributed by atoms with Gasteiger partial charge in [-0.3, -0.25) is 0 Å². The van der Waals surface area contributed by atoms with Crippen LogP contribution in [0.1, 0.15) is 19.3 Å². The molecule has 0 aliphatic rings. The summed E-state index contributed by atoms with van der Waals surface area (Å²) in [4.78, 5) is 0. The van der Waals surface area contributed by atoms with Gasteiger partial charge in [0.25, 0.3) is 0 Å². The second-order valence-electron chi connectivity index (χ2n) is 2.80. The van der Waals surface area contributed by atoms with Crippen molar-refractivity contribution in [2.75, 3.05) is 25.0 Å². The molecule has 98 valence electrons. The summed E-state index contributed by atoms with van der Waals surface area (Å²) < 4.78 is 0. The number of aliphatic hydroxyl groups is 2. The van der Waals surface area contributed by atoms with Crippen LogP contribution in [0.5, 0.6) is 0 Å². The Hall–Kier alpha value is -0.460. The quantitative estimate of drug-likeness (QED) is 0.555. The van der Waals surface area contributed by atoms with Gasteiger partial charge in [0.05, 0.1) is 6.61 Å². The van der Waals surface area contributed by atoms with E-state index in [1.165, 1.54) is 0 Å². The molecule has 4 heteroatoms. The van der Waals surface area contributed by atoms with Crippen LogP contribution >= 0.6 is 23.2 Å². The molecule has 0 fully saturated rings. The Bertz CT molecular complexity index is 240. The normalized spacial score (nSPS) is 8.00. The van der Waals surface area contributed by atoms with E-state index >= 15 is 0 Å². The standard InChI is InChI=1S/C7H11ClO.C6H9ClO/c8-6-4-2-1-3-5-7-9;7-5-3-1-2-4-6-8/h2-3,9H,4-7H2;1,4,8H,3,5-6H2. The van der Waals surface area contributed by atoms with E-state index in [0.29, 0.717) is 18.2 Å². The minimum atomic E-state index is 0.0544. The van der Waals surface area contributed by atoms with Gasteiger partial charge in [-0.2, -0.15) is 0 Å². The van der Waals surface area contributed by atoms with Crippen LogP contribution in [0.15, 0.2) is 35.8 Å². The fraction of sp³-hybridized carbons (Fsp3) is 0.538. The molecule has 0 aromatic heterocycles. The van der Waals surface area contributed by atoms with E-state index in [2.05, 4.69) is 11.5 Å². The van der Waals surface area contributed by atoms with Gasteiger partial charge in [0.1, 0.15) is 0 Å². The molecule has 0 unspecified atom stereocenters. The lowest BCUT2D eigenvalue weighted by atomic mass is 10.4. The van der Waals surface area contributed by atoms with Crippen molar-refractivity contribution in [3.63, 3.8) is 0 Å². The predicted molar refractivity (Wildman–Crippen MR) is 74.8 cm³/mol. The molecule has 0 aliphatic carbocycles. The Labute approximate surface area is 114 Å². The van der Waals surface area contributed by atoms with Gasteiger partial charge in [-0.15, -0.1) is 34.7 Å². The number of alkyl halides is 2. The van der Waals surface area contributed by atoms with Crippen LogP contribution in [-0.2, 0) is 0 Å². The minimum absolute atomic E-state index is 0.0544. The third-order valence-electron chi connectivity index (χ3n) is 1.34. The summed E-state index contributed by atoms with van der Waals surface area (Å²) in [6, 6.07) is 0. The third-order valence-corrected chi connectivity index (χ3v) is 1.78. The lowest BCUT2D eigenvalue weighted by Gasteiger charge is -1.77. The first-order valence-electron chi connectivity index (χ1n) is 5.45. The summed E-state index contributed by atoms with van der Waals surface area (Å²) in [5.74, 6) is 1.26. The van der Waals surface area contributed by atoms with Gasteiger partial charge >= 0.3 is 0 Å². The zero-order valence-corrected chi connectivity index (χ0v) is 11.4. The lowest BCUT2D eigenvalue weighted by molar-refractivity contribution is 0.302. The van der Waals surface area contributed by atoms with Crippen molar-refractivity contribution in [3.8, 4) is 0 Å². The second-order valence-corrected chi connectivity index (χ2v) is 3.56. The van der Waals surface area contributed by atoms with Crippen LogP contribution in [0.25, 0.3) is 0 Å². The smallest absolute Gasteiger partial charge is 0.0686 e. The van der Waals surface area contributed by atoms with Crippen LogP contribution in [-0.4, -0.2) is 35.2 Å². The molecule has 0 heterocycles. The first kappa shape index (κ1) is 18.9. The van der Waals surface area contributed by atoms with Gasteiger partial charge in [0, 0.05) is 18.4 Å². The number of rotatable bonds is 7. The molecule has 0 amide bonds. The van der Waals surface area contributed by atoms with E-state index in [0.717, 1.165) is 12.8 Å². The predicted octanol–water partition coefficient (Wildman–Crippen LogP) is 3.03. The highest BCUT2D eigenvalue weighted by molar-refractivity contribution is 6.18. The van der Waals surface area contributed by atoms with Crippen LogP contribution in [0.2, 0.25) is 0 Å². The fourth-order valence-electron chi connectivity index (χ4n) is 0.643. The number of aliphatic hydroxyl groups excluding tert-OH is 2. The summed E-state index contributed by atoms with van der Waals surface area (Å²) >= 11 is 10.7. The highest BCUT2D eigenvalue weighted by Gasteiger charge is 1.71. The van der Waals surface area contributed by atoms with Crippen LogP contribution in [0.3, 0.4) is 0 Å². The fourth-order valence-corrected chi connectivity index (χ4v) is 0.861. The van der Waals surface area contributed by atoms with Gasteiger partial charge in [-0.1, -0.05) is 0 Å². The molecule has 0 spiro atoms. The third kappa shape index (κ3) is 25.6. The Morgan fingerprint density at radius 2 is 1.24 bits per heavy atom. The maximum Gasteiger partial charge on any atom is 0.0686 e. The Morgan fingerprint density at radius 3 is 1.65 bits per heavy atom. The van der Waals surface area contributed by atoms with E-state index in [1.807, 2.05) is 6.08 Å². The highest BCUT2D eigenvalue weighted by Crippen LogP contribution is 1.85. The Balaban J connectivity index is 0. The molecule has 17 heavy (non-hydrogen) atoms. The van der Waals surface area contributed by atoms with Gasteiger partial charge in [-0.25, -0.2) is 0 Å². The molecule has 0 atom stereocenters. The molecule has 0 aliphatic heterocycles. The van der Waals surface area contributed by atoms with E-state index < -0.39 is 0 Å². The summed E-state index contributed by atoms with van der Waals surface area (Å²) in [5.41, 5.74) is 5.64. The van der Waals surface area contributed by atoms with Gasteiger partial charge in [-0.05, 0) is 43.6 Å². The van der Waals surface area contributed by atoms with Gasteiger partial charge in [0.15, 0.2) is 0 Å². The summed E-state index contributed by atoms with van der Waals surface area (Å²) in [6.07, 6.45) is 9.35. The van der Waals surface area contributed by atoms with Crippen molar-refractivity contribution >= 4 is 23.2 Å². The van der Waals surface area contributed by atoms with Crippen LogP contribution < -0.4 is 0 Å². The monoisotopic (exact) mass is 278 g/mol. The molecular weight excluding hydrogens is 259 g/mol. The average molecular weight is 279 g/mol. The highest BCUT2D eigenvalue weighted by atomic mass is 35.5. The number of hydrogen-bond donors (Lipinski definition) is 2. The Kier molecular flexibility index (Phi) is 23.2. The number of hydrogen-bond acceptors (Lipinski definition) is 2. The maximum atomic E-state index is 8.31. The van der Waals surface area contributed by atoms with Crippen molar-refractivity contribution in [2.45, 2.75) is 19.3 Å². The molecule has 0 saturated carbocycles. The van der Waals surface area contributed by atoms with E-state index in [9.17, 15) is 0 Å². The SMILES string of the molecule is OCC=C=CCCCl.OCCC=C=CCCCl. The molecule has 0 aromatic carbocycles. The van der Waals surface area contributed by atoms with Crippen molar-refractivity contribution in [3.05, 3.63) is 35.8 Å². The van der Waals surface area contributed by atoms with E-state index in [4.69, 9.17) is 33.4 Å². The largest absolute Gasteiger partial charge is 0.396 e. The van der Waals surface area contributed by atoms with E-state index in [-0.39, 0.29) is 13.2 Å². The first-order valence-corrected chi connectivity index (χ1v) is 6.52. The van der Waals surface area contributed by atoms with Gasteiger partial charge < -0.3 is 10.2 Å². The maximum absolute atomic E-state index is 8.31. The zero-order valence-electron chi connectivity index (χ0n) is 9.91. The van der Waals surface area contributed by atoms with E-state index in [1.54, 1.807) is 18.2 Å². The molecule has 0 aromatic rings. The van der Waals surface area contributed by atoms with Gasteiger partial charge in [0.2, 0.25) is 0 Å². The topological polar surface area (TPSA) is 40.5 Å². The van der Waals surface area contributed by atoms with Crippen LogP contribution in [0, 0.1) is 0 Å². The lowest BCUT2D eigenvalue weighted by Crippen LogP contribution is -1.73. The van der Waals surface area contributed by atoms with Crippen molar-refractivity contribution in [1.82, 2.24) is 0 Å². The van der Waals surface area contributed by atoms with Crippen molar-refractivity contribution in [2.24, 2.45) is 0 Å². The molecule has 2 N–H and O–H groups in total. The molecule has 0 rings (SSSR count).